The quantitative estimate of drug-likeness (QED) is 0.725. The predicted octanol–water partition coefficient (Wildman–Crippen LogP) is 4.63. The molecule has 0 spiro atoms. The molecule has 0 aliphatic carbocycles. The number of rotatable bonds is 3. The highest BCUT2D eigenvalue weighted by molar-refractivity contribution is 5.92. The summed E-state index contributed by atoms with van der Waals surface area (Å²) < 4.78 is 5.96. The molecule has 2 N–H and O–H groups in total. The van der Waals surface area contributed by atoms with E-state index in [0.717, 1.165) is 31.1 Å². The molecular weight excluding hydrogens is 322 g/mol. The number of morpholine rings is 1. The molecule has 2 aromatic heterocycles. The zero-order chi connectivity index (χ0) is 18.3. The van der Waals surface area contributed by atoms with Crippen LogP contribution in [0.3, 0.4) is 0 Å². The second-order valence-electron chi connectivity index (χ2n) is 7.58. The Hall–Kier alpha value is -2.17. The van der Waals surface area contributed by atoms with Gasteiger partial charge in [0, 0.05) is 40.9 Å². The average molecular weight is 349 g/mol. The predicted molar refractivity (Wildman–Crippen MR) is 107 cm³/mol. The van der Waals surface area contributed by atoms with Gasteiger partial charge in [-0.1, -0.05) is 19.9 Å². The SMILES string of the molecule is Cc1cc(-c2[nH]c3ccc(C4CNCCO4)cc3c2C(C)C)cc(C)n1. The van der Waals surface area contributed by atoms with E-state index in [9.17, 15) is 0 Å². The molecule has 4 nitrogen and oxygen atoms in total. The van der Waals surface area contributed by atoms with Crippen molar-refractivity contribution in [1.29, 1.82) is 0 Å². The number of aryl methyl sites for hydroxylation is 2. The molecule has 1 atom stereocenters. The molecule has 1 aromatic carbocycles. The van der Waals surface area contributed by atoms with Crippen LogP contribution < -0.4 is 5.32 Å². The fraction of sp³-hybridized carbons (Fsp3) is 0.409. The van der Waals surface area contributed by atoms with Crippen LogP contribution in [0.25, 0.3) is 22.2 Å². The number of aromatic nitrogens is 2. The molecule has 0 bridgehead atoms. The van der Waals surface area contributed by atoms with Gasteiger partial charge in [-0.15, -0.1) is 0 Å². The summed E-state index contributed by atoms with van der Waals surface area (Å²) in [4.78, 5) is 8.19. The molecule has 4 heteroatoms. The van der Waals surface area contributed by atoms with Gasteiger partial charge in [-0.2, -0.15) is 0 Å². The number of ether oxygens (including phenoxy) is 1. The number of hydrogen-bond acceptors (Lipinski definition) is 3. The molecule has 0 amide bonds. The number of fused-ring (bicyclic) bond motifs is 1. The molecule has 3 heterocycles. The third-order valence-electron chi connectivity index (χ3n) is 5.11. The van der Waals surface area contributed by atoms with Gasteiger partial charge in [0.05, 0.1) is 18.4 Å². The highest BCUT2D eigenvalue weighted by Gasteiger charge is 2.20. The largest absolute Gasteiger partial charge is 0.371 e. The van der Waals surface area contributed by atoms with E-state index in [2.05, 4.69) is 73.3 Å². The third-order valence-corrected chi connectivity index (χ3v) is 5.11. The number of hydrogen-bond donors (Lipinski definition) is 2. The lowest BCUT2D eigenvalue weighted by Crippen LogP contribution is -2.33. The van der Waals surface area contributed by atoms with Gasteiger partial charge in [-0.05, 0) is 55.2 Å². The van der Waals surface area contributed by atoms with Crippen molar-refractivity contribution in [1.82, 2.24) is 15.3 Å². The number of H-pyrrole nitrogens is 1. The van der Waals surface area contributed by atoms with Crippen LogP contribution in [-0.2, 0) is 4.74 Å². The maximum absolute atomic E-state index is 5.96. The molecule has 1 aliphatic heterocycles. The van der Waals surface area contributed by atoms with Crippen molar-refractivity contribution >= 4 is 10.9 Å². The minimum absolute atomic E-state index is 0.136. The number of nitrogens with one attached hydrogen (secondary N) is 2. The van der Waals surface area contributed by atoms with Gasteiger partial charge >= 0.3 is 0 Å². The van der Waals surface area contributed by atoms with Gasteiger partial charge < -0.3 is 15.0 Å². The van der Waals surface area contributed by atoms with Gasteiger partial charge in [0.2, 0.25) is 0 Å². The smallest absolute Gasteiger partial charge is 0.0950 e. The van der Waals surface area contributed by atoms with Gasteiger partial charge in [-0.3, -0.25) is 4.98 Å². The van der Waals surface area contributed by atoms with Crippen LogP contribution in [0.2, 0.25) is 0 Å². The normalized spacial score (nSPS) is 18.0. The number of benzene rings is 1. The first-order valence-electron chi connectivity index (χ1n) is 9.46. The summed E-state index contributed by atoms with van der Waals surface area (Å²) in [7, 11) is 0. The molecule has 1 unspecified atom stereocenters. The summed E-state index contributed by atoms with van der Waals surface area (Å²) in [6.45, 7) is 11.2. The minimum Gasteiger partial charge on any atom is -0.371 e. The van der Waals surface area contributed by atoms with Crippen molar-refractivity contribution in [2.24, 2.45) is 0 Å². The maximum Gasteiger partial charge on any atom is 0.0950 e. The fourth-order valence-corrected chi connectivity index (χ4v) is 4.02. The zero-order valence-corrected chi connectivity index (χ0v) is 16.0. The third kappa shape index (κ3) is 3.15. The van der Waals surface area contributed by atoms with E-state index in [1.54, 1.807) is 0 Å². The monoisotopic (exact) mass is 349 g/mol. The van der Waals surface area contributed by atoms with E-state index in [1.807, 2.05) is 0 Å². The van der Waals surface area contributed by atoms with E-state index in [-0.39, 0.29) is 6.10 Å². The molecule has 4 rings (SSSR count). The van der Waals surface area contributed by atoms with Crippen molar-refractivity contribution in [2.45, 2.75) is 39.7 Å². The molecule has 1 fully saturated rings. The first-order chi connectivity index (χ1) is 12.5. The molecular formula is C22H27N3O. The fourth-order valence-electron chi connectivity index (χ4n) is 4.02. The van der Waals surface area contributed by atoms with Crippen LogP contribution in [0.5, 0.6) is 0 Å². The summed E-state index contributed by atoms with van der Waals surface area (Å²) in [5.74, 6) is 0.424. The Morgan fingerprint density at radius 1 is 1.12 bits per heavy atom. The van der Waals surface area contributed by atoms with Crippen LogP contribution in [-0.4, -0.2) is 29.7 Å². The van der Waals surface area contributed by atoms with Crippen molar-refractivity contribution in [3.63, 3.8) is 0 Å². The Morgan fingerprint density at radius 2 is 1.88 bits per heavy atom. The Morgan fingerprint density at radius 3 is 2.54 bits per heavy atom. The Bertz CT molecular complexity index is 916. The van der Waals surface area contributed by atoms with Gasteiger partial charge in [0.15, 0.2) is 0 Å². The van der Waals surface area contributed by atoms with Crippen LogP contribution in [0, 0.1) is 13.8 Å². The average Bonchev–Trinajstić information content (AvgIpc) is 3.00. The summed E-state index contributed by atoms with van der Waals surface area (Å²) in [6.07, 6.45) is 0.136. The molecule has 1 saturated heterocycles. The molecule has 0 saturated carbocycles. The first kappa shape index (κ1) is 17.3. The Kier molecular flexibility index (Phi) is 4.55. The molecule has 136 valence electrons. The maximum atomic E-state index is 5.96. The molecule has 1 aliphatic rings. The zero-order valence-electron chi connectivity index (χ0n) is 16.0. The van der Waals surface area contributed by atoms with Crippen LogP contribution >= 0.6 is 0 Å². The molecule has 26 heavy (non-hydrogen) atoms. The Balaban J connectivity index is 1.87. The highest BCUT2D eigenvalue weighted by Crippen LogP contribution is 2.37. The summed E-state index contributed by atoms with van der Waals surface area (Å²) >= 11 is 0. The van der Waals surface area contributed by atoms with Crippen molar-refractivity contribution < 1.29 is 4.74 Å². The van der Waals surface area contributed by atoms with Gasteiger partial charge in [-0.25, -0.2) is 0 Å². The van der Waals surface area contributed by atoms with E-state index >= 15 is 0 Å². The van der Waals surface area contributed by atoms with E-state index < -0.39 is 0 Å². The highest BCUT2D eigenvalue weighted by atomic mass is 16.5. The molecule has 3 aromatic rings. The summed E-state index contributed by atoms with van der Waals surface area (Å²) in [5.41, 5.74) is 8.33. The van der Waals surface area contributed by atoms with Crippen LogP contribution in [0.1, 0.15) is 48.4 Å². The standard InChI is InChI=1S/C22H27N3O/c1-13(2)21-18-11-16(20-12-23-7-8-26-20)5-6-19(18)25-22(21)17-9-14(3)24-15(4)10-17/h5-6,9-11,13,20,23,25H,7-8,12H2,1-4H3. The van der Waals surface area contributed by atoms with E-state index in [4.69, 9.17) is 4.74 Å². The lowest BCUT2D eigenvalue weighted by Gasteiger charge is -2.24. The van der Waals surface area contributed by atoms with E-state index in [1.165, 1.54) is 33.3 Å². The van der Waals surface area contributed by atoms with Gasteiger partial charge in [0.25, 0.3) is 0 Å². The van der Waals surface area contributed by atoms with Crippen LogP contribution in [0.4, 0.5) is 0 Å². The Labute approximate surface area is 155 Å². The number of aromatic amines is 1. The molecule has 0 radical (unpaired) electrons. The topological polar surface area (TPSA) is 49.9 Å². The second-order valence-corrected chi connectivity index (χ2v) is 7.58. The van der Waals surface area contributed by atoms with Gasteiger partial charge in [0.1, 0.15) is 0 Å². The lowest BCUT2D eigenvalue weighted by atomic mass is 9.94. The van der Waals surface area contributed by atoms with Crippen molar-refractivity contribution in [2.75, 3.05) is 19.7 Å². The minimum atomic E-state index is 0.136. The van der Waals surface area contributed by atoms with Crippen LogP contribution in [0.15, 0.2) is 30.3 Å². The van der Waals surface area contributed by atoms with E-state index in [0.29, 0.717) is 5.92 Å². The van der Waals surface area contributed by atoms with Crippen molar-refractivity contribution in [3.8, 4) is 11.3 Å². The summed E-state index contributed by atoms with van der Waals surface area (Å²) in [6, 6.07) is 11.0. The van der Waals surface area contributed by atoms with Crippen molar-refractivity contribution in [3.05, 3.63) is 52.8 Å². The number of nitrogens with zero attached hydrogens (tertiary/aromatic N) is 1. The second kappa shape index (κ2) is 6.86. The lowest BCUT2D eigenvalue weighted by molar-refractivity contribution is 0.0278. The number of pyridine rings is 1. The first-order valence-corrected chi connectivity index (χ1v) is 9.46. The summed E-state index contributed by atoms with van der Waals surface area (Å²) in [5, 5.41) is 4.72.